The van der Waals surface area contributed by atoms with E-state index < -0.39 is 6.10 Å². The van der Waals surface area contributed by atoms with Crippen molar-refractivity contribution < 1.29 is 14.3 Å². The molecule has 5 rings (SSSR count). The van der Waals surface area contributed by atoms with Crippen LogP contribution in [0.15, 0.2) is 72.8 Å². The van der Waals surface area contributed by atoms with Crippen LogP contribution in [0, 0.1) is 6.92 Å². The van der Waals surface area contributed by atoms with E-state index in [0.29, 0.717) is 13.0 Å². The van der Waals surface area contributed by atoms with E-state index in [4.69, 9.17) is 9.47 Å². The fraction of sp³-hybridized carbons (Fsp3) is 0.406. The van der Waals surface area contributed by atoms with Gasteiger partial charge in [0.15, 0.2) is 6.10 Å². The van der Waals surface area contributed by atoms with Crippen molar-refractivity contribution >= 4 is 5.91 Å². The Labute approximate surface area is 220 Å². The predicted octanol–water partition coefficient (Wildman–Crippen LogP) is 5.60. The van der Waals surface area contributed by atoms with Gasteiger partial charge in [-0.15, -0.1) is 0 Å². The summed E-state index contributed by atoms with van der Waals surface area (Å²) in [5.41, 5.74) is 6.49. The van der Waals surface area contributed by atoms with Gasteiger partial charge in [0.05, 0.1) is 12.1 Å². The Morgan fingerprint density at radius 2 is 1.97 bits per heavy atom. The number of nitrogens with zero attached hydrogens (tertiary/aromatic N) is 1. The largest absolute Gasteiger partial charge is 0.481 e. The molecule has 5 heteroatoms. The maximum Gasteiger partial charge on any atom is 0.261 e. The molecule has 194 valence electrons. The van der Waals surface area contributed by atoms with Crippen LogP contribution in [0.3, 0.4) is 0 Å². The Hall–Kier alpha value is -3.15. The second kappa shape index (κ2) is 11.9. The lowest BCUT2D eigenvalue weighted by Gasteiger charge is -2.38. The van der Waals surface area contributed by atoms with Gasteiger partial charge in [-0.1, -0.05) is 73.2 Å². The van der Waals surface area contributed by atoms with Crippen LogP contribution in [0.1, 0.15) is 60.0 Å². The van der Waals surface area contributed by atoms with Gasteiger partial charge in [-0.25, -0.2) is 0 Å². The highest BCUT2D eigenvalue weighted by Crippen LogP contribution is 2.38. The molecule has 5 nitrogen and oxygen atoms in total. The average molecular weight is 499 g/mol. The monoisotopic (exact) mass is 498 g/mol. The quantitative estimate of drug-likeness (QED) is 0.418. The molecule has 1 saturated heterocycles. The van der Waals surface area contributed by atoms with Crippen LogP contribution >= 0.6 is 0 Å². The highest BCUT2D eigenvalue weighted by molar-refractivity contribution is 5.81. The van der Waals surface area contributed by atoms with Crippen molar-refractivity contribution in [2.75, 3.05) is 19.7 Å². The van der Waals surface area contributed by atoms with Crippen LogP contribution in [0.25, 0.3) is 0 Å². The molecule has 3 aromatic rings. The maximum absolute atomic E-state index is 12.9. The fourth-order valence-corrected chi connectivity index (χ4v) is 5.58. The van der Waals surface area contributed by atoms with Crippen LogP contribution in [-0.4, -0.2) is 42.7 Å². The number of carbonyl (C=O) groups excluding carboxylic acids is 1. The Bertz CT molecular complexity index is 1190. The molecular weight excluding hydrogens is 460 g/mol. The molecule has 1 amide bonds. The van der Waals surface area contributed by atoms with Crippen LogP contribution in [0.2, 0.25) is 0 Å². The number of carbonyl (C=O) groups is 1. The fourth-order valence-electron chi connectivity index (χ4n) is 5.58. The SMILES string of the molecule is CC[C@H](Oc1ccc2c(c1)[C@@H](c1ccccc1)N(Cc1cccc(C)c1)CC2)C(=O)NC[C@@H]1CCCO1. The van der Waals surface area contributed by atoms with Gasteiger partial charge in [0.25, 0.3) is 5.91 Å². The number of fused-ring (bicyclic) bond motifs is 1. The van der Waals surface area contributed by atoms with Gasteiger partial charge in [-0.05, 0) is 67.0 Å². The van der Waals surface area contributed by atoms with E-state index in [1.807, 2.05) is 13.0 Å². The normalized spacial score (nSPS) is 20.3. The molecule has 0 spiro atoms. The lowest BCUT2D eigenvalue weighted by Crippen LogP contribution is -2.41. The smallest absolute Gasteiger partial charge is 0.261 e. The second-order valence-corrected chi connectivity index (χ2v) is 10.3. The molecule has 3 atom stereocenters. The molecule has 3 aromatic carbocycles. The standard InChI is InChI=1S/C32H38N2O3/c1-3-30(32(35)33-21-28-13-8-18-36-28)37-27-15-14-25-16-17-34(22-24-10-7-9-23(2)19-24)31(29(25)20-27)26-11-5-4-6-12-26/h4-7,9-12,14-15,19-20,28,30-31H,3,8,13,16-18,21-22H2,1-2H3,(H,33,35)/t28-,30-,31+/m0/s1. The summed E-state index contributed by atoms with van der Waals surface area (Å²) in [6, 6.07) is 26.0. The van der Waals surface area contributed by atoms with Crippen molar-refractivity contribution in [2.45, 2.75) is 64.3 Å². The third kappa shape index (κ3) is 6.23. The summed E-state index contributed by atoms with van der Waals surface area (Å²) in [5.74, 6) is 0.674. The molecule has 0 radical (unpaired) electrons. The molecular formula is C32H38N2O3. The molecule has 0 aromatic heterocycles. The summed E-state index contributed by atoms with van der Waals surface area (Å²) in [6.45, 7) is 7.35. The minimum Gasteiger partial charge on any atom is -0.481 e. The Kier molecular flexibility index (Phi) is 8.22. The lowest BCUT2D eigenvalue weighted by atomic mass is 9.87. The molecule has 2 aliphatic heterocycles. The van der Waals surface area contributed by atoms with E-state index in [0.717, 1.165) is 44.7 Å². The maximum atomic E-state index is 12.9. The van der Waals surface area contributed by atoms with Gasteiger partial charge >= 0.3 is 0 Å². The first kappa shape index (κ1) is 25.5. The van der Waals surface area contributed by atoms with Gasteiger partial charge in [0.2, 0.25) is 0 Å². The highest BCUT2D eigenvalue weighted by atomic mass is 16.5. The van der Waals surface area contributed by atoms with Gasteiger partial charge in [0.1, 0.15) is 5.75 Å². The molecule has 2 heterocycles. The summed E-state index contributed by atoms with van der Waals surface area (Å²) >= 11 is 0. The summed E-state index contributed by atoms with van der Waals surface area (Å²) in [7, 11) is 0. The number of aryl methyl sites for hydroxylation is 1. The Morgan fingerprint density at radius 1 is 1.11 bits per heavy atom. The number of rotatable bonds is 9. The van der Waals surface area contributed by atoms with Crippen LogP contribution in [0.4, 0.5) is 0 Å². The summed E-state index contributed by atoms with van der Waals surface area (Å²) in [5, 5.41) is 3.03. The topological polar surface area (TPSA) is 50.8 Å². The first-order chi connectivity index (χ1) is 18.1. The van der Waals surface area contributed by atoms with E-state index in [1.54, 1.807) is 0 Å². The molecule has 0 bridgehead atoms. The van der Waals surface area contributed by atoms with Crippen molar-refractivity contribution in [1.29, 1.82) is 0 Å². The second-order valence-electron chi connectivity index (χ2n) is 10.3. The van der Waals surface area contributed by atoms with Crippen LogP contribution in [0.5, 0.6) is 5.75 Å². The van der Waals surface area contributed by atoms with Gasteiger partial charge in [-0.2, -0.15) is 0 Å². The lowest BCUT2D eigenvalue weighted by molar-refractivity contribution is -0.128. The van der Waals surface area contributed by atoms with E-state index in [1.165, 1.54) is 27.8 Å². The first-order valence-electron chi connectivity index (χ1n) is 13.6. The molecule has 2 aliphatic rings. The number of amides is 1. The molecule has 0 aliphatic carbocycles. The van der Waals surface area contributed by atoms with Crippen LogP contribution < -0.4 is 10.1 Å². The van der Waals surface area contributed by atoms with Crippen molar-refractivity contribution in [2.24, 2.45) is 0 Å². The number of benzene rings is 3. The molecule has 0 unspecified atom stereocenters. The molecule has 1 N–H and O–H groups in total. The number of hydrogen-bond acceptors (Lipinski definition) is 4. The summed E-state index contributed by atoms with van der Waals surface area (Å²) in [4.78, 5) is 15.5. The van der Waals surface area contributed by atoms with E-state index in [9.17, 15) is 4.79 Å². The average Bonchev–Trinajstić information content (AvgIpc) is 3.44. The zero-order valence-electron chi connectivity index (χ0n) is 22.0. The minimum atomic E-state index is -0.526. The Balaban J connectivity index is 1.38. The van der Waals surface area contributed by atoms with Crippen LogP contribution in [-0.2, 0) is 22.5 Å². The van der Waals surface area contributed by atoms with Crippen molar-refractivity contribution in [1.82, 2.24) is 10.2 Å². The third-order valence-corrected chi connectivity index (χ3v) is 7.50. The van der Waals surface area contributed by atoms with E-state index in [-0.39, 0.29) is 18.1 Å². The zero-order chi connectivity index (χ0) is 25.6. The van der Waals surface area contributed by atoms with Gasteiger partial charge in [-0.3, -0.25) is 9.69 Å². The highest BCUT2D eigenvalue weighted by Gasteiger charge is 2.30. The van der Waals surface area contributed by atoms with Gasteiger partial charge < -0.3 is 14.8 Å². The summed E-state index contributed by atoms with van der Waals surface area (Å²) in [6.07, 6.45) is 3.26. The minimum absolute atomic E-state index is 0.0728. The van der Waals surface area contributed by atoms with Crippen molar-refractivity contribution in [3.8, 4) is 5.75 Å². The zero-order valence-corrected chi connectivity index (χ0v) is 22.0. The van der Waals surface area contributed by atoms with E-state index >= 15 is 0 Å². The molecule has 37 heavy (non-hydrogen) atoms. The first-order valence-corrected chi connectivity index (χ1v) is 13.6. The molecule has 0 saturated carbocycles. The van der Waals surface area contributed by atoms with E-state index in [2.05, 4.69) is 83.9 Å². The van der Waals surface area contributed by atoms with Gasteiger partial charge in [0, 0.05) is 26.2 Å². The number of nitrogens with one attached hydrogen (secondary N) is 1. The number of hydrogen-bond donors (Lipinski definition) is 1. The van der Waals surface area contributed by atoms with Crippen molar-refractivity contribution in [3.63, 3.8) is 0 Å². The third-order valence-electron chi connectivity index (χ3n) is 7.50. The van der Waals surface area contributed by atoms with Crippen molar-refractivity contribution in [3.05, 3.63) is 101 Å². The molecule has 1 fully saturated rings. The Morgan fingerprint density at radius 3 is 2.73 bits per heavy atom. The summed E-state index contributed by atoms with van der Waals surface area (Å²) < 4.78 is 11.9. The predicted molar refractivity (Wildman–Crippen MR) is 147 cm³/mol. The number of ether oxygens (including phenoxy) is 2.